The molecule has 0 fully saturated rings. The van der Waals surface area contributed by atoms with Crippen LogP contribution < -0.4 is 9.64 Å². The van der Waals surface area contributed by atoms with E-state index in [1.54, 1.807) is 20.2 Å². The lowest BCUT2D eigenvalue weighted by atomic mass is 10.1. The second kappa shape index (κ2) is 7.10. The first-order valence-corrected chi connectivity index (χ1v) is 9.35. The molecule has 2 aromatic rings. The van der Waals surface area contributed by atoms with Crippen LogP contribution in [-0.4, -0.2) is 33.8 Å². The number of sulfone groups is 1. The topological polar surface area (TPSA) is 89.8 Å². The predicted octanol–water partition coefficient (Wildman–Crippen LogP) is 2.95. The number of ether oxygens (including phenoxy) is 1. The SMILES string of the molecule is COc1ccc(CN(C)c2ccc([N+](=O)[O-])c(S(C)(=O)=O)c2)cc1C. The number of nitrogens with zero attached hydrogens (tertiary/aromatic N) is 2. The van der Waals surface area contributed by atoms with Gasteiger partial charge in [-0.2, -0.15) is 0 Å². The van der Waals surface area contributed by atoms with E-state index >= 15 is 0 Å². The average Bonchev–Trinajstić information content (AvgIpc) is 2.53. The number of methoxy groups -OCH3 is 1. The predicted molar refractivity (Wildman–Crippen MR) is 96.0 cm³/mol. The van der Waals surface area contributed by atoms with Gasteiger partial charge in [-0.3, -0.25) is 10.1 Å². The fraction of sp³-hybridized carbons (Fsp3) is 0.294. The molecule has 25 heavy (non-hydrogen) atoms. The average molecular weight is 364 g/mol. The minimum absolute atomic E-state index is 0.284. The van der Waals surface area contributed by atoms with Crippen LogP contribution in [0.5, 0.6) is 5.75 Å². The maximum Gasteiger partial charge on any atom is 0.288 e. The van der Waals surface area contributed by atoms with Gasteiger partial charge in [0.05, 0.1) is 12.0 Å². The van der Waals surface area contributed by atoms with Crippen LogP contribution in [0, 0.1) is 17.0 Å². The summed E-state index contributed by atoms with van der Waals surface area (Å²) in [6, 6.07) is 9.88. The van der Waals surface area contributed by atoms with Gasteiger partial charge in [0.2, 0.25) is 0 Å². The van der Waals surface area contributed by atoms with Crippen LogP contribution in [0.2, 0.25) is 0 Å². The van der Waals surface area contributed by atoms with Gasteiger partial charge in [-0.15, -0.1) is 0 Å². The molecule has 0 spiro atoms. The second-order valence-electron chi connectivity index (χ2n) is 5.84. The summed E-state index contributed by atoms with van der Waals surface area (Å²) in [4.78, 5) is 11.9. The van der Waals surface area contributed by atoms with Crippen LogP contribution in [0.3, 0.4) is 0 Å². The van der Waals surface area contributed by atoms with Crippen molar-refractivity contribution in [2.45, 2.75) is 18.4 Å². The smallest absolute Gasteiger partial charge is 0.288 e. The number of aryl methyl sites for hydroxylation is 1. The van der Waals surface area contributed by atoms with Crippen LogP contribution in [-0.2, 0) is 16.4 Å². The zero-order valence-electron chi connectivity index (χ0n) is 14.5. The number of hydrogen-bond acceptors (Lipinski definition) is 6. The van der Waals surface area contributed by atoms with Gasteiger partial charge in [-0.1, -0.05) is 12.1 Å². The van der Waals surface area contributed by atoms with E-state index in [9.17, 15) is 18.5 Å². The quantitative estimate of drug-likeness (QED) is 0.578. The van der Waals surface area contributed by atoms with Crippen molar-refractivity contribution in [2.24, 2.45) is 0 Å². The molecule has 2 rings (SSSR count). The highest BCUT2D eigenvalue weighted by atomic mass is 32.2. The Morgan fingerprint density at radius 3 is 2.40 bits per heavy atom. The van der Waals surface area contributed by atoms with E-state index in [2.05, 4.69) is 0 Å². The van der Waals surface area contributed by atoms with Gasteiger partial charge < -0.3 is 9.64 Å². The number of anilines is 1. The first-order chi connectivity index (χ1) is 11.6. The van der Waals surface area contributed by atoms with Crippen molar-refractivity contribution in [1.29, 1.82) is 0 Å². The van der Waals surface area contributed by atoms with Crippen LogP contribution in [0.15, 0.2) is 41.3 Å². The Kier molecular flexibility index (Phi) is 5.32. The second-order valence-corrected chi connectivity index (χ2v) is 7.83. The molecule has 0 saturated carbocycles. The molecule has 0 unspecified atom stereocenters. The summed E-state index contributed by atoms with van der Waals surface area (Å²) in [5.41, 5.74) is 2.17. The van der Waals surface area contributed by atoms with Crippen molar-refractivity contribution in [3.05, 3.63) is 57.6 Å². The lowest BCUT2D eigenvalue weighted by Crippen LogP contribution is -2.17. The molecule has 2 aromatic carbocycles. The van der Waals surface area contributed by atoms with E-state index in [0.29, 0.717) is 12.2 Å². The van der Waals surface area contributed by atoms with Gasteiger partial charge in [0.15, 0.2) is 9.84 Å². The molecule has 0 heterocycles. The maximum absolute atomic E-state index is 11.9. The van der Waals surface area contributed by atoms with Crippen molar-refractivity contribution in [1.82, 2.24) is 0 Å². The monoisotopic (exact) mass is 364 g/mol. The van der Waals surface area contributed by atoms with Crippen molar-refractivity contribution in [3.8, 4) is 5.75 Å². The van der Waals surface area contributed by atoms with Gasteiger partial charge in [0.1, 0.15) is 10.6 Å². The molecule has 0 aromatic heterocycles. The first kappa shape index (κ1) is 18.7. The third-order valence-corrected chi connectivity index (χ3v) is 4.99. The Morgan fingerprint density at radius 1 is 1.20 bits per heavy atom. The largest absolute Gasteiger partial charge is 0.496 e. The molecule has 0 amide bonds. The zero-order chi connectivity index (χ0) is 18.8. The fourth-order valence-electron chi connectivity index (χ4n) is 2.59. The molecule has 8 heteroatoms. The van der Waals surface area contributed by atoms with E-state index in [1.807, 2.05) is 30.0 Å². The Morgan fingerprint density at radius 2 is 1.88 bits per heavy atom. The summed E-state index contributed by atoms with van der Waals surface area (Å²) in [5, 5.41) is 11.1. The number of rotatable bonds is 6. The normalized spacial score (nSPS) is 11.2. The van der Waals surface area contributed by atoms with Gasteiger partial charge in [0, 0.05) is 31.6 Å². The fourth-order valence-corrected chi connectivity index (χ4v) is 3.45. The lowest BCUT2D eigenvalue weighted by molar-refractivity contribution is -0.387. The van der Waals surface area contributed by atoms with Crippen molar-refractivity contribution in [3.63, 3.8) is 0 Å². The van der Waals surface area contributed by atoms with E-state index in [4.69, 9.17) is 4.74 Å². The van der Waals surface area contributed by atoms with Crippen molar-refractivity contribution >= 4 is 21.2 Å². The van der Waals surface area contributed by atoms with E-state index < -0.39 is 20.4 Å². The maximum atomic E-state index is 11.9. The molecule has 0 aliphatic rings. The van der Waals surface area contributed by atoms with Crippen LogP contribution in [0.1, 0.15) is 11.1 Å². The highest BCUT2D eigenvalue weighted by Gasteiger charge is 2.23. The molecular formula is C17H20N2O5S. The molecule has 0 atom stereocenters. The highest BCUT2D eigenvalue weighted by Crippen LogP contribution is 2.29. The third-order valence-electron chi connectivity index (χ3n) is 3.86. The Labute approximate surface area is 146 Å². The Bertz CT molecular complexity index is 909. The van der Waals surface area contributed by atoms with Gasteiger partial charge in [0.25, 0.3) is 5.69 Å². The standard InChI is InChI=1S/C17H20N2O5S/c1-12-9-13(5-8-16(12)24-3)11-18(2)14-6-7-15(19(20)21)17(10-14)25(4,22)23/h5-10H,11H2,1-4H3. The molecule has 0 radical (unpaired) electrons. The van der Waals surface area contributed by atoms with Crippen molar-refractivity contribution in [2.75, 3.05) is 25.3 Å². The summed E-state index contributed by atoms with van der Waals surface area (Å²) in [6.07, 6.45) is 0.964. The molecule has 0 N–H and O–H groups in total. The number of hydrogen-bond donors (Lipinski definition) is 0. The molecule has 7 nitrogen and oxygen atoms in total. The molecule has 0 aliphatic carbocycles. The summed E-state index contributed by atoms with van der Waals surface area (Å²) < 4.78 is 29.0. The minimum Gasteiger partial charge on any atom is -0.496 e. The third kappa shape index (κ3) is 4.27. The minimum atomic E-state index is -3.71. The molecule has 0 bridgehead atoms. The van der Waals surface area contributed by atoms with Crippen LogP contribution >= 0.6 is 0 Å². The lowest BCUT2D eigenvalue weighted by Gasteiger charge is -2.20. The molecular weight excluding hydrogens is 344 g/mol. The first-order valence-electron chi connectivity index (χ1n) is 7.46. The summed E-state index contributed by atoms with van der Waals surface area (Å²) in [7, 11) is -0.301. The summed E-state index contributed by atoms with van der Waals surface area (Å²) >= 11 is 0. The van der Waals surface area contributed by atoms with Crippen molar-refractivity contribution < 1.29 is 18.1 Å². The summed E-state index contributed by atoms with van der Waals surface area (Å²) in [5.74, 6) is 0.793. The summed E-state index contributed by atoms with van der Waals surface area (Å²) in [6.45, 7) is 2.46. The van der Waals surface area contributed by atoms with Crippen LogP contribution in [0.25, 0.3) is 0 Å². The molecule has 0 saturated heterocycles. The molecule has 134 valence electrons. The van der Waals surface area contributed by atoms with Gasteiger partial charge in [-0.05, 0) is 36.2 Å². The number of nitro benzene ring substituents is 1. The van der Waals surface area contributed by atoms with Gasteiger partial charge in [-0.25, -0.2) is 8.42 Å². The van der Waals surface area contributed by atoms with E-state index in [1.165, 1.54) is 12.1 Å². The number of benzene rings is 2. The van der Waals surface area contributed by atoms with E-state index in [-0.39, 0.29) is 4.90 Å². The Balaban J connectivity index is 2.35. The van der Waals surface area contributed by atoms with E-state index in [0.717, 1.165) is 23.1 Å². The number of nitro groups is 1. The zero-order valence-corrected chi connectivity index (χ0v) is 15.3. The van der Waals surface area contributed by atoms with Crippen LogP contribution in [0.4, 0.5) is 11.4 Å². The molecule has 0 aliphatic heterocycles. The van der Waals surface area contributed by atoms with Gasteiger partial charge >= 0.3 is 0 Å². The Hall–Kier alpha value is -2.61. The highest BCUT2D eigenvalue weighted by molar-refractivity contribution is 7.90.